The van der Waals surface area contributed by atoms with Gasteiger partial charge < -0.3 is 5.32 Å². The first-order valence-electron chi connectivity index (χ1n) is 5.39. The fraction of sp³-hybridized carbons (Fsp3) is 1.00. The van der Waals surface area contributed by atoms with Gasteiger partial charge in [-0.3, -0.25) is 4.90 Å². The fourth-order valence-corrected chi connectivity index (χ4v) is 2.68. The molecule has 2 fully saturated rings. The predicted molar refractivity (Wildman–Crippen MR) is 51.3 cm³/mol. The molecule has 0 spiro atoms. The van der Waals surface area contributed by atoms with E-state index in [4.69, 9.17) is 0 Å². The van der Waals surface area contributed by atoms with Crippen LogP contribution in [-0.4, -0.2) is 36.6 Å². The summed E-state index contributed by atoms with van der Waals surface area (Å²) in [7, 11) is 0. The molecule has 2 rings (SSSR count). The zero-order chi connectivity index (χ0) is 8.39. The van der Waals surface area contributed by atoms with Crippen molar-refractivity contribution in [2.45, 2.75) is 44.7 Å². The van der Waals surface area contributed by atoms with Crippen molar-refractivity contribution in [1.29, 1.82) is 0 Å². The van der Waals surface area contributed by atoms with Crippen LogP contribution in [-0.2, 0) is 0 Å². The first-order valence-corrected chi connectivity index (χ1v) is 5.39. The van der Waals surface area contributed by atoms with Gasteiger partial charge in [0.15, 0.2) is 0 Å². The van der Waals surface area contributed by atoms with Gasteiger partial charge in [-0.05, 0) is 45.3 Å². The van der Waals surface area contributed by atoms with Crippen LogP contribution in [0.5, 0.6) is 0 Å². The Labute approximate surface area is 75.3 Å². The molecule has 2 aliphatic rings. The second kappa shape index (κ2) is 3.75. The Morgan fingerprint density at radius 2 is 2.08 bits per heavy atom. The van der Waals surface area contributed by atoms with Crippen molar-refractivity contribution in [3.05, 3.63) is 0 Å². The van der Waals surface area contributed by atoms with Gasteiger partial charge in [-0.1, -0.05) is 6.92 Å². The Kier molecular flexibility index (Phi) is 2.66. The fourth-order valence-electron chi connectivity index (χ4n) is 2.68. The standard InChI is InChI=1S/C10H20N2/c1-2-9-10(5-6-11-9)12-7-3-4-8-12/h9-11H,2-8H2,1H3/t9-,10+/m0/s1. The van der Waals surface area contributed by atoms with Crippen LogP contribution in [0.4, 0.5) is 0 Å². The summed E-state index contributed by atoms with van der Waals surface area (Å²) in [6.45, 7) is 6.23. The second-order valence-corrected chi connectivity index (χ2v) is 4.07. The lowest BCUT2D eigenvalue weighted by atomic mass is 10.1. The van der Waals surface area contributed by atoms with Crippen LogP contribution in [0.2, 0.25) is 0 Å². The van der Waals surface area contributed by atoms with Crippen LogP contribution in [0.15, 0.2) is 0 Å². The van der Waals surface area contributed by atoms with Crippen LogP contribution in [0.25, 0.3) is 0 Å². The van der Waals surface area contributed by atoms with Gasteiger partial charge in [-0.2, -0.15) is 0 Å². The van der Waals surface area contributed by atoms with Crippen molar-refractivity contribution in [1.82, 2.24) is 10.2 Å². The van der Waals surface area contributed by atoms with Crippen molar-refractivity contribution in [2.24, 2.45) is 0 Å². The molecule has 1 N–H and O–H groups in total. The monoisotopic (exact) mass is 168 g/mol. The number of hydrogen-bond acceptors (Lipinski definition) is 2. The van der Waals surface area contributed by atoms with E-state index in [1.165, 1.54) is 45.3 Å². The normalized spacial score (nSPS) is 37.8. The van der Waals surface area contributed by atoms with Crippen LogP contribution in [0, 0.1) is 0 Å². The summed E-state index contributed by atoms with van der Waals surface area (Å²) in [4.78, 5) is 2.69. The predicted octanol–water partition coefficient (Wildman–Crippen LogP) is 1.22. The number of nitrogens with one attached hydrogen (secondary N) is 1. The maximum atomic E-state index is 3.59. The molecule has 0 aromatic heterocycles. The van der Waals surface area contributed by atoms with Crippen molar-refractivity contribution in [3.63, 3.8) is 0 Å². The first-order chi connectivity index (χ1) is 5.92. The molecule has 0 saturated carbocycles. The zero-order valence-corrected chi connectivity index (χ0v) is 8.05. The van der Waals surface area contributed by atoms with E-state index in [9.17, 15) is 0 Å². The smallest absolute Gasteiger partial charge is 0.0261 e. The quantitative estimate of drug-likeness (QED) is 0.667. The average Bonchev–Trinajstić information content (AvgIpc) is 2.74. The number of nitrogens with zero attached hydrogens (tertiary/aromatic N) is 1. The van der Waals surface area contributed by atoms with Crippen molar-refractivity contribution >= 4 is 0 Å². The minimum Gasteiger partial charge on any atom is -0.312 e. The minimum atomic E-state index is 0.781. The van der Waals surface area contributed by atoms with Crippen LogP contribution < -0.4 is 5.32 Å². The topological polar surface area (TPSA) is 15.3 Å². The molecule has 2 nitrogen and oxygen atoms in total. The van der Waals surface area contributed by atoms with E-state index in [2.05, 4.69) is 17.1 Å². The van der Waals surface area contributed by atoms with Crippen molar-refractivity contribution in [3.8, 4) is 0 Å². The summed E-state index contributed by atoms with van der Waals surface area (Å²) < 4.78 is 0. The third kappa shape index (κ3) is 1.50. The maximum Gasteiger partial charge on any atom is 0.0261 e. The van der Waals surface area contributed by atoms with E-state index in [1.54, 1.807) is 0 Å². The molecule has 0 bridgehead atoms. The summed E-state index contributed by atoms with van der Waals surface area (Å²) >= 11 is 0. The lowest BCUT2D eigenvalue weighted by Gasteiger charge is -2.27. The summed E-state index contributed by atoms with van der Waals surface area (Å²) in [5.41, 5.74) is 0. The van der Waals surface area contributed by atoms with E-state index in [1.807, 2.05) is 0 Å². The first kappa shape index (κ1) is 8.52. The van der Waals surface area contributed by atoms with Gasteiger partial charge >= 0.3 is 0 Å². The Morgan fingerprint density at radius 3 is 2.75 bits per heavy atom. The Bertz CT molecular complexity index is 141. The molecule has 2 saturated heterocycles. The van der Waals surface area contributed by atoms with Gasteiger partial charge in [0, 0.05) is 12.1 Å². The summed E-state index contributed by atoms with van der Waals surface area (Å²) in [5, 5.41) is 3.59. The molecule has 0 amide bonds. The van der Waals surface area contributed by atoms with Gasteiger partial charge in [0.2, 0.25) is 0 Å². The highest BCUT2D eigenvalue weighted by atomic mass is 15.2. The van der Waals surface area contributed by atoms with Crippen molar-refractivity contribution < 1.29 is 0 Å². The van der Waals surface area contributed by atoms with Crippen LogP contribution in [0.1, 0.15) is 32.6 Å². The molecule has 12 heavy (non-hydrogen) atoms. The number of rotatable bonds is 2. The molecule has 0 radical (unpaired) electrons. The number of hydrogen-bond donors (Lipinski definition) is 1. The molecule has 0 unspecified atom stereocenters. The highest BCUT2D eigenvalue weighted by Gasteiger charge is 2.31. The second-order valence-electron chi connectivity index (χ2n) is 4.07. The lowest BCUT2D eigenvalue weighted by molar-refractivity contribution is 0.220. The Hall–Kier alpha value is -0.0800. The molecular formula is C10H20N2. The summed E-state index contributed by atoms with van der Waals surface area (Å²) in [6, 6.07) is 1.64. The average molecular weight is 168 g/mol. The highest BCUT2D eigenvalue weighted by Crippen LogP contribution is 2.21. The van der Waals surface area contributed by atoms with Gasteiger partial charge in [0.1, 0.15) is 0 Å². The molecule has 2 heterocycles. The molecule has 0 aromatic rings. The SMILES string of the molecule is CC[C@@H]1NCC[C@H]1N1CCCC1. The van der Waals surface area contributed by atoms with Gasteiger partial charge in [-0.25, -0.2) is 0 Å². The summed E-state index contributed by atoms with van der Waals surface area (Å²) in [6.07, 6.45) is 5.51. The van der Waals surface area contributed by atoms with Gasteiger partial charge in [0.25, 0.3) is 0 Å². The molecule has 2 heteroatoms. The minimum absolute atomic E-state index is 0.781. The third-order valence-electron chi connectivity index (χ3n) is 3.36. The molecule has 0 aliphatic carbocycles. The van der Waals surface area contributed by atoms with E-state index in [0.29, 0.717) is 0 Å². The summed E-state index contributed by atoms with van der Waals surface area (Å²) in [5.74, 6) is 0. The molecule has 0 aromatic carbocycles. The Morgan fingerprint density at radius 1 is 1.33 bits per heavy atom. The molecule has 70 valence electrons. The molecular weight excluding hydrogens is 148 g/mol. The molecule has 2 atom stereocenters. The maximum absolute atomic E-state index is 3.59. The third-order valence-corrected chi connectivity index (χ3v) is 3.36. The van der Waals surface area contributed by atoms with E-state index >= 15 is 0 Å². The lowest BCUT2D eigenvalue weighted by Crippen LogP contribution is -2.41. The van der Waals surface area contributed by atoms with Gasteiger partial charge in [-0.15, -0.1) is 0 Å². The number of likely N-dealkylation sites (tertiary alicyclic amines) is 1. The Balaban J connectivity index is 1.92. The van der Waals surface area contributed by atoms with Crippen LogP contribution in [0.3, 0.4) is 0 Å². The molecule has 2 aliphatic heterocycles. The van der Waals surface area contributed by atoms with Crippen molar-refractivity contribution in [2.75, 3.05) is 19.6 Å². The highest BCUT2D eigenvalue weighted by molar-refractivity contribution is 4.91. The van der Waals surface area contributed by atoms with Crippen LogP contribution >= 0.6 is 0 Å². The van der Waals surface area contributed by atoms with E-state index in [0.717, 1.165) is 12.1 Å². The largest absolute Gasteiger partial charge is 0.312 e. The van der Waals surface area contributed by atoms with E-state index < -0.39 is 0 Å². The van der Waals surface area contributed by atoms with Gasteiger partial charge in [0.05, 0.1) is 0 Å². The van der Waals surface area contributed by atoms with E-state index in [-0.39, 0.29) is 0 Å². The zero-order valence-electron chi connectivity index (χ0n) is 8.05.